The van der Waals surface area contributed by atoms with Gasteiger partial charge in [0.15, 0.2) is 0 Å². The van der Waals surface area contributed by atoms with Gasteiger partial charge >= 0.3 is 0 Å². The lowest BCUT2D eigenvalue weighted by Gasteiger charge is -2.15. The van der Waals surface area contributed by atoms with Gasteiger partial charge in [-0.15, -0.1) is 0 Å². The Kier molecular flexibility index (Phi) is 7.74. The number of rotatable bonds is 9. The van der Waals surface area contributed by atoms with Crippen LogP contribution in [-0.2, 0) is 6.42 Å². The molecule has 0 bridgehead atoms. The van der Waals surface area contributed by atoms with Gasteiger partial charge in [-0.3, -0.25) is 0 Å². The maximum absolute atomic E-state index is 2.46. The zero-order valence-electron chi connectivity index (χ0n) is 11.5. The third kappa shape index (κ3) is 7.17. The summed E-state index contributed by atoms with van der Waals surface area (Å²) in [5, 5.41) is 0. The Bertz CT molecular complexity index is 268. The maximum Gasteiger partial charge on any atom is -0.00218 e. The standard InChI is InChI=1S/C16H27N/c1-3-4-14-17(2)15-10-6-9-13-16-11-7-5-8-12-16/h5,7-8,11-12H,3-4,6,9-10,13-15H2,1-2H3. The highest BCUT2D eigenvalue weighted by molar-refractivity contribution is 5.14. The largest absolute Gasteiger partial charge is 0.306 e. The Hall–Kier alpha value is -0.820. The van der Waals surface area contributed by atoms with E-state index in [1.54, 1.807) is 0 Å². The first-order chi connectivity index (χ1) is 8.33. The number of hydrogen-bond acceptors (Lipinski definition) is 1. The summed E-state index contributed by atoms with van der Waals surface area (Å²) in [5.74, 6) is 0. The summed E-state index contributed by atoms with van der Waals surface area (Å²) in [6.45, 7) is 4.78. The highest BCUT2D eigenvalue weighted by atomic mass is 15.1. The van der Waals surface area contributed by atoms with E-state index < -0.39 is 0 Å². The molecule has 17 heavy (non-hydrogen) atoms. The third-order valence-corrected chi connectivity index (χ3v) is 3.24. The van der Waals surface area contributed by atoms with Crippen LogP contribution < -0.4 is 0 Å². The molecule has 0 fully saturated rings. The van der Waals surface area contributed by atoms with Gasteiger partial charge in [0.2, 0.25) is 0 Å². The van der Waals surface area contributed by atoms with Gasteiger partial charge in [0, 0.05) is 0 Å². The molecule has 0 amide bonds. The number of hydrogen-bond donors (Lipinski definition) is 0. The molecule has 0 saturated heterocycles. The number of unbranched alkanes of at least 4 members (excludes halogenated alkanes) is 3. The van der Waals surface area contributed by atoms with Gasteiger partial charge in [-0.2, -0.15) is 0 Å². The van der Waals surface area contributed by atoms with Crippen molar-refractivity contribution in [3.63, 3.8) is 0 Å². The minimum Gasteiger partial charge on any atom is -0.306 e. The van der Waals surface area contributed by atoms with Gasteiger partial charge in [-0.05, 0) is 51.4 Å². The Morgan fingerprint density at radius 3 is 2.29 bits per heavy atom. The fraction of sp³-hybridized carbons (Fsp3) is 0.625. The van der Waals surface area contributed by atoms with Gasteiger partial charge < -0.3 is 4.90 Å². The van der Waals surface area contributed by atoms with Gasteiger partial charge in [-0.1, -0.05) is 50.1 Å². The number of aryl methyl sites for hydroxylation is 1. The summed E-state index contributed by atoms with van der Waals surface area (Å²) < 4.78 is 0. The molecular formula is C16H27N. The molecule has 1 heteroatoms. The topological polar surface area (TPSA) is 3.24 Å². The molecule has 0 radical (unpaired) electrons. The molecule has 0 spiro atoms. The molecule has 0 unspecified atom stereocenters. The SMILES string of the molecule is CCCCN(C)CCCCCc1ccccc1. The first-order valence-electron chi connectivity index (χ1n) is 7.05. The van der Waals surface area contributed by atoms with E-state index in [-0.39, 0.29) is 0 Å². The van der Waals surface area contributed by atoms with Crippen molar-refractivity contribution in [2.45, 2.75) is 45.4 Å². The molecule has 1 rings (SSSR count). The lowest BCUT2D eigenvalue weighted by Crippen LogP contribution is -2.20. The van der Waals surface area contributed by atoms with Crippen LogP contribution in [0.25, 0.3) is 0 Å². The zero-order valence-corrected chi connectivity index (χ0v) is 11.5. The van der Waals surface area contributed by atoms with Crippen molar-refractivity contribution < 1.29 is 0 Å². The molecule has 1 nitrogen and oxygen atoms in total. The first kappa shape index (κ1) is 14.2. The summed E-state index contributed by atoms with van der Waals surface area (Å²) in [5.41, 5.74) is 1.48. The molecule has 0 aliphatic carbocycles. The van der Waals surface area contributed by atoms with Crippen LogP contribution in [0.3, 0.4) is 0 Å². The molecule has 0 saturated carbocycles. The second-order valence-corrected chi connectivity index (χ2v) is 4.95. The highest BCUT2D eigenvalue weighted by Gasteiger charge is 1.97. The zero-order chi connectivity index (χ0) is 12.3. The predicted molar refractivity (Wildman–Crippen MR) is 76.4 cm³/mol. The van der Waals surface area contributed by atoms with Gasteiger partial charge in [-0.25, -0.2) is 0 Å². The molecule has 96 valence electrons. The number of nitrogens with zero attached hydrogens (tertiary/aromatic N) is 1. The highest BCUT2D eigenvalue weighted by Crippen LogP contribution is 2.06. The normalized spacial score (nSPS) is 11.0. The van der Waals surface area contributed by atoms with Crippen LogP contribution in [0, 0.1) is 0 Å². The molecule has 0 atom stereocenters. The molecule has 0 heterocycles. The fourth-order valence-corrected chi connectivity index (χ4v) is 2.07. The van der Waals surface area contributed by atoms with Gasteiger partial charge in [0.25, 0.3) is 0 Å². The van der Waals surface area contributed by atoms with Crippen molar-refractivity contribution in [2.24, 2.45) is 0 Å². The smallest absolute Gasteiger partial charge is 0.00218 e. The Morgan fingerprint density at radius 2 is 1.59 bits per heavy atom. The van der Waals surface area contributed by atoms with E-state index >= 15 is 0 Å². The minimum absolute atomic E-state index is 1.24. The first-order valence-corrected chi connectivity index (χ1v) is 7.05. The summed E-state index contributed by atoms with van der Waals surface area (Å²) in [7, 11) is 2.24. The van der Waals surface area contributed by atoms with Crippen molar-refractivity contribution in [1.29, 1.82) is 0 Å². The average molecular weight is 233 g/mol. The van der Waals surface area contributed by atoms with Gasteiger partial charge in [0.05, 0.1) is 0 Å². The third-order valence-electron chi connectivity index (χ3n) is 3.24. The van der Waals surface area contributed by atoms with E-state index in [0.29, 0.717) is 0 Å². The lowest BCUT2D eigenvalue weighted by atomic mass is 10.1. The predicted octanol–water partition coefficient (Wildman–Crippen LogP) is 4.13. The van der Waals surface area contributed by atoms with Crippen molar-refractivity contribution in [3.05, 3.63) is 35.9 Å². The molecule has 0 aliphatic heterocycles. The second kappa shape index (κ2) is 9.23. The van der Waals surface area contributed by atoms with Crippen molar-refractivity contribution in [3.8, 4) is 0 Å². The van der Waals surface area contributed by atoms with E-state index in [1.807, 2.05) is 0 Å². The van der Waals surface area contributed by atoms with E-state index in [0.717, 1.165) is 0 Å². The van der Waals surface area contributed by atoms with Crippen molar-refractivity contribution >= 4 is 0 Å². The second-order valence-electron chi connectivity index (χ2n) is 4.95. The van der Waals surface area contributed by atoms with Crippen LogP contribution >= 0.6 is 0 Å². The molecule has 0 aliphatic rings. The monoisotopic (exact) mass is 233 g/mol. The average Bonchev–Trinajstić information content (AvgIpc) is 2.37. The summed E-state index contributed by atoms with van der Waals surface area (Å²) in [6.07, 6.45) is 7.89. The van der Waals surface area contributed by atoms with E-state index in [9.17, 15) is 0 Å². The molecule has 1 aromatic carbocycles. The van der Waals surface area contributed by atoms with E-state index in [1.165, 1.54) is 57.2 Å². The Balaban J connectivity index is 1.97. The van der Waals surface area contributed by atoms with Crippen LogP contribution in [0.2, 0.25) is 0 Å². The van der Waals surface area contributed by atoms with Crippen molar-refractivity contribution in [2.75, 3.05) is 20.1 Å². The fourth-order valence-electron chi connectivity index (χ4n) is 2.07. The molecule has 0 aromatic heterocycles. The molecule has 0 N–H and O–H groups in total. The quantitative estimate of drug-likeness (QED) is 0.580. The number of benzene rings is 1. The van der Waals surface area contributed by atoms with Crippen LogP contribution in [0.1, 0.15) is 44.6 Å². The molecule has 1 aromatic rings. The van der Waals surface area contributed by atoms with Crippen LogP contribution in [0.4, 0.5) is 0 Å². The molecular weight excluding hydrogens is 206 g/mol. The summed E-state index contributed by atoms with van der Waals surface area (Å²) in [4.78, 5) is 2.46. The van der Waals surface area contributed by atoms with Crippen LogP contribution in [-0.4, -0.2) is 25.0 Å². The summed E-state index contributed by atoms with van der Waals surface area (Å²) >= 11 is 0. The van der Waals surface area contributed by atoms with Crippen LogP contribution in [0.5, 0.6) is 0 Å². The van der Waals surface area contributed by atoms with Crippen LogP contribution in [0.15, 0.2) is 30.3 Å². The minimum atomic E-state index is 1.24. The summed E-state index contributed by atoms with van der Waals surface area (Å²) in [6, 6.07) is 10.8. The van der Waals surface area contributed by atoms with Gasteiger partial charge in [0.1, 0.15) is 0 Å². The Labute approximate surface area is 107 Å². The van der Waals surface area contributed by atoms with E-state index in [2.05, 4.69) is 49.2 Å². The Morgan fingerprint density at radius 1 is 0.882 bits per heavy atom. The van der Waals surface area contributed by atoms with E-state index in [4.69, 9.17) is 0 Å². The van der Waals surface area contributed by atoms with Crippen molar-refractivity contribution in [1.82, 2.24) is 4.90 Å². The maximum atomic E-state index is 2.46. The lowest BCUT2D eigenvalue weighted by molar-refractivity contribution is 0.319.